The summed E-state index contributed by atoms with van der Waals surface area (Å²) in [5.41, 5.74) is 5.84. The van der Waals surface area contributed by atoms with Crippen LogP contribution in [-0.4, -0.2) is 38.7 Å². The Kier molecular flexibility index (Phi) is 4.87. The van der Waals surface area contributed by atoms with Gasteiger partial charge in [0.25, 0.3) is 0 Å². The summed E-state index contributed by atoms with van der Waals surface area (Å²) in [6, 6.07) is -0.386. The van der Waals surface area contributed by atoms with Gasteiger partial charge < -0.3 is 16.2 Å². The maximum absolute atomic E-state index is 10.8. The van der Waals surface area contributed by atoms with Crippen molar-refractivity contribution in [1.82, 2.24) is 20.3 Å². The third kappa shape index (κ3) is 3.95. The van der Waals surface area contributed by atoms with E-state index in [0.717, 1.165) is 5.69 Å². The zero-order valence-corrected chi connectivity index (χ0v) is 9.26. The van der Waals surface area contributed by atoms with Gasteiger partial charge in [-0.05, 0) is 13.3 Å². The third-order valence-electron chi connectivity index (χ3n) is 2.15. The van der Waals surface area contributed by atoms with Crippen LogP contribution in [0.3, 0.4) is 0 Å². The zero-order valence-electron chi connectivity index (χ0n) is 9.26. The molecule has 7 nitrogen and oxygen atoms in total. The number of aliphatic hydroxyl groups is 1. The van der Waals surface area contributed by atoms with Crippen molar-refractivity contribution in [1.29, 1.82) is 0 Å². The molecule has 0 aliphatic carbocycles. The molecular formula is C9H17N5O2. The Morgan fingerprint density at radius 1 is 1.75 bits per heavy atom. The van der Waals surface area contributed by atoms with Gasteiger partial charge in [0, 0.05) is 25.9 Å². The Bertz CT molecular complexity index is 338. The Morgan fingerprint density at radius 2 is 2.50 bits per heavy atom. The first kappa shape index (κ1) is 12.6. The second kappa shape index (κ2) is 6.19. The van der Waals surface area contributed by atoms with E-state index in [9.17, 15) is 4.79 Å². The summed E-state index contributed by atoms with van der Waals surface area (Å²) < 4.78 is 1.65. The van der Waals surface area contributed by atoms with Crippen LogP contribution < -0.4 is 11.1 Å². The lowest BCUT2D eigenvalue weighted by Gasteiger charge is -2.07. The van der Waals surface area contributed by atoms with Crippen LogP contribution in [0.15, 0.2) is 6.20 Å². The molecule has 0 saturated heterocycles. The smallest absolute Gasteiger partial charge is 0.234 e. The summed E-state index contributed by atoms with van der Waals surface area (Å²) >= 11 is 0. The average Bonchev–Trinajstić information content (AvgIpc) is 2.70. The molecule has 1 rings (SSSR count). The summed E-state index contributed by atoms with van der Waals surface area (Å²) in [4.78, 5) is 10.8. The van der Waals surface area contributed by atoms with Gasteiger partial charge in [-0.25, -0.2) is 0 Å². The number of nitrogens with two attached hydrogens (primary N) is 1. The molecule has 1 heterocycles. The van der Waals surface area contributed by atoms with E-state index in [1.807, 2.05) is 0 Å². The fourth-order valence-corrected chi connectivity index (χ4v) is 1.12. The molecule has 0 bridgehead atoms. The van der Waals surface area contributed by atoms with Crippen LogP contribution >= 0.6 is 0 Å². The first-order chi connectivity index (χ1) is 7.63. The normalized spacial score (nSPS) is 12.6. The minimum Gasteiger partial charge on any atom is -0.396 e. The number of hydrogen-bond donors (Lipinski definition) is 3. The minimum atomic E-state index is -0.396. The van der Waals surface area contributed by atoms with Crippen LogP contribution in [0.1, 0.15) is 19.0 Å². The zero-order chi connectivity index (χ0) is 12.0. The van der Waals surface area contributed by atoms with Gasteiger partial charge in [0.1, 0.15) is 0 Å². The number of amides is 1. The molecule has 7 heteroatoms. The highest BCUT2D eigenvalue weighted by Gasteiger charge is 2.08. The molecule has 0 radical (unpaired) electrons. The first-order valence-electron chi connectivity index (χ1n) is 5.16. The summed E-state index contributed by atoms with van der Waals surface area (Å²) in [6.45, 7) is 2.91. The fraction of sp³-hybridized carbons (Fsp3) is 0.667. The lowest BCUT2D eigenvalue weighted by molar-refractivity contribution is -0.119. The molecule has 1 aromatic rings. The SMILES string of the molecule is CC(NCc1cn(CCCO)nn1)C(N)=O. The maximum Gasteiger partial charge on any atom is 0.234 e. The van der Waals surface area contributed by atoms with Gasteiger partial charge in [0.15, 0.2) is 0 Å². The van der Waals surface area contributed by atoms with E-state index in [4.69, 9.17) is 10.8 Å². The molecule has 1 unspecified atom stereocenters. The molecule has 1 amide bonds. The number of rotatable bonds is 7. The molecule has 1 aromatic heterocycles. The van der Waals surface area contributed by atoms with Gasteiger partial charge in [0.05, 0.1) is 11.7 Å². The van der Waals surface area contributed by atoms with Crippen molar-refractivity contribution in [2.45, 2.75) is 32.5 Å². The number of aromatic nitrogens is 3. The summed E-state index contributed by atoms with van der Waals surface area (Å²) in [7, 11) is 0. The highest BCUT2D eigenvalue weighted by molar-refractivity contribution is 5.79. The second-order valence-corrected chi connectivity index (χ2v) is 3.56. The van der Waals surface area contributed by atoms with Crippen LogP contribution in [0.25, 0.3) is 0 Å². The standard InChI is InChI=1S/C9H17N5O2/c1-7(9(10)16)11-5-8-6-14(13-12-8)3-2-4-15/h6-7,11,15H,2-5H2,1H3,(H2,10,16). The molecule has 0 spiro atoms. The van der Waals surface area contributed by atoms with Gasteiger partial charge in [-0.15, -0.1) is 5.10 Å². The minimum absolute atomic E-state index is 0.131. The highest BCUT2D eigenvalue weighted by atomic mass is 16.3. The number of hydrogen-bond acceptors (Lipinski definition) is 5. The molecule has 1 atom stereocenters. The predicted molar refractivity (Wildman–Crippen MR) is 57.2 cm³/mol. The second-order valence-electron chi connectivity index (χ2n) is 3.56. The summed E-state index contributed by atoms with van der Waals surface area (Å²) in [5.74, 6) is -0.396. The number of carbonyl (C=O) groups is 1. The van der Waals surface area contributed by atoms with Crippen molar-refractivity contribution in [3.05, 3.63) is 11.9 Å². The molecule has 0 saturated carbocycles. The van der Waals surface area contributed by atoms with Crippen LogP contribution in [0.5, 0.6) is 0 Å². The van der Waals surface area contributed by atoms with E-state index in [1.54, 1.807) is 17.8 Å². The molecule has 0 aliphatic rings. The number of primary amides is 1. The largest absolute Gasteiger partial charge is 0.396 e. The van der Waals surface area contributed by atoms with Crippen molar-refractivity contribution in [3.63, 3.8) is 0 Å². The lowest BCUT2D eigenvalue weighted by atomic mass is 10.3. The van der Waals surface area contributed by atoms with Crippen molar-refractivity contribution < 1.29 is 9.90 Å². The van der Waals surface area contributed by atoms with Crippen molar-refractivity contribution in [3.8, 4) is 0 Å². The molecule has 0 aromatic carbocycles. The topological polar surface area (TPSA) is 106 Å². The average molecular weight is 227 g/mol. The third-order valence-corrected chi connectivity index (χ3v) is 2.15. The quantitative estimate of drug-likeness (QED) is 0.532. The van der Waals surface area contributed by atoms with Crippen LogP contribution in [-0.2, 0) is 17.9 Å². The number of aliphatic hydroxyl groups excluding tert-OH is 1. The maximum atomic E-state index is 10.8. The molecular weight excluding hydrogens is 210 g/mol. The van der Waals surface area contributed by atoms with E-state index < -0.39 is 5.91 Å². The van der Waals surface area contributed by atoms with Crippen molar-refractivity contribution in [2.75, 3.05) is 6.61 Å². The van der Waals surface area contributed by atoms with Crippen LogP contribution in [0.2, 0.25) is 0 Å². The van der Waals surface area contributed by atoms with Crippen LogP contribution in [0.4, 0.5) is 0 Å². The Hall–Kier alpha value is -1.47. The van der Waals surface area contributed by atoms with E-state index in [0.29, 0.717) is 19.5 Å². The van der Waals surface area contributed by atoms with Crippen molar-refractivity contribution in [2.24, 2.45) is 5.73 Å². The number of nitrogens with one attached hydrogen (secondary N) is 1. The summed E-state index contributed by atoms with van der Waals surface area (Å²) in [6.07, 6.45) is 2.42. The van der Waals surface area contributed by atoms with Gasteiger partial charge in [0.2, 0.25) is 5.91 Å². The molecule has 0 aliphatic heterocycles. The lowest BCUT2D eigenvalue weighted by Crippen LogP contribution is -2.38. The monoisotopic (exact) mass is 227 g/mol. The molecule has 16 heavy (non-hydrogen) atoms. The van der Waals surface area contributed by atoms with E-state index in [-0.39, 0.29) is 12.6 Å². The Labute approximate surface area is 93.6 Å². The number of aryl methyl sites for hydroxylation is 1. The van der Waals surface area contributed by atoms with Gasteiger partial charge >= 0.3 is 0 Å². The highest BCUT2D eigenvalue weighted by Crippen LogP contribution is 1.95. The number of carbonyl (C=O) groups excluding carboxylic acids is 1. The van der Waals surface area contributed by atoms with E-state index in [1.165, 1.54) is 0 Å². The fourth-order valence-electron chi connectivity index (χ4n) is 1.12. The Morgan fingerprint density at radius 3 is 3.12 bits per heavy atom. The van der Waals surface area contributed by atoms with Gasteiger partial charge in [-0.3, -0.25) is 9.48 Å². The first-order valence-corrected chi connectivity index (χ1v) is 5.16. The van der Waals surface area contributed by atoms with Crippen molar-refractivity contribution >= 4 is 5.91 Å². The number of nitrogens with zero attached hydrogens (tertiary/aromatic N) is 3. The molecule has 0 fully saturated rings. The Balaban J connectivity index is 2.37. The summed E-state index contributed by atoms with van der Waals surface area (Å²) in [5, 5.41) is 19.4. The van der Waals surface area contributed by atoms with E-state index >= 15 is 0 Å². The molecule has 90 valence electrons. The van der Waals surface area contributed by atoms with E-state index in [2.05, 4.69) is 15.6 Å². The van der Waals surface area contributed by atoms with Gasteiger partial charge in [-0.2, -0.15) is 0 Å². The van der Waals surface area contributed by atoms with Crippen LogP contribution in [0, 0.1) is 0 Å². The predicted octanol–water partition coefficient (Wildman–Crippen LogP) is -1.38. The van der Waals surface area contributed by atoms with Gasteiger partial charge in [-0.1, -0.05) is 5.21 Å². The molecule has 4 N–H and O–H groups in total.